The Morgan fingerprint density at radius 2 is 1.69 bits per heavy atom. The van der Waals surface area contributed by atoms with Crippen molar-refractivity contribution < 1.29 is 23.8 Å². The van der Waals surface area contributed by atoms with Crippen molar-refractivity contribution in [2.45, 2.75) is 25.4 Å². The fraction of sp³-hybridized carbons (Fsp3) is 0.261. The fourth-order valence-corrected chi connectivity index (χ4v) is 3.85. The van der Waals surface area contributed by atoms with Crippen LogP contribution in [0.2, 0.25) is 0 Å². The van der Waals surface area contributed by atoms with Gasteiger partial charge in [0.2, 0.25) is 5.71 Å². The monoisotopic (exact) mass is 440 g/mol. The van der Waals surface area contributed by atoms with E-state index in [1.54, 1.807) is 0 Å². The first-order valence-corrected chi connectivity index (χ1v) is 10.5. The van der Waals surface area contributed by atoms with E-state index in [0.29, 0.717) is 0 Å². The molecule has 2 amide bonds. The van der Waals surface area contributed by atoms with Crippen LogP contribution < -0.4 is 16.1 Å². The second kappa shape index (κ2) is 9.80. The zero-order valence-corrected chi connectivity index (χ0v) is 17.4. The molecule has 0 aromatic heterocycles. The molecule has 0 atom stereocenters. The van der Waals surface area contributed by atoms with Gasteiger partial charge in [-0.15, -0.1) is 0 Å². The number of piperidine rings is 1. The van der Waals surface area contributed by atoms with Gasteiger partial charge in [0.1, 0.15) is 29.1 Å². The van der Waals surface area contributed by atoms with Gasteiger partial charge in [0.05, 0.1) is 0 Å². The zero-order valence-electron chi connectivity index (χ0n) is 17.4. The van der Waals surface area contributed by atoms with Crippen molar-refractivity contribution in [3.63, 3.8) is 0 Å². The minimum Gasteiger partial charge on any atom is -0.348 e. The molecule has 0 saturated carbocycles. The fourth-order valence-electron chi connectivity index (χ4n) is 3.85. The maximum Gasteiger partial charge on any atom is 0.278 e. The summed E-state index contributed by atoms with van der Waals surface area (Å²) in [4.78, 5) is 27.4. The molecular weight excluding hydrogens is 416 g/mol. The molecule has 1 fully saturated rings. The molecule has 7 nitrogen and oxygen atoms in total. The summed E-state index contributed by atoms with van der Waals surface area (Å²) < 4.78 is 27.7. The summed E-state index contributed by atoms with van der Waals surface area (Å²) in [7, 11) is 0. The molecule has 2 heterocycles. The second-order valence-electron chi connectivity index (χ2n) is 7.77. The van der Waals surface area contributed by atoms with Gasteiger partial charge in [-0.25, -0.2) is 8.78 Å². The lowest BCUT2D eigenvalue weighted by molar-refractivity contribution is -0.590. The van der Waals surface area contributed by atoms with Crippen molar-refractivity contribution in [1.82, 2.24) is 15.5 Å². The van der Waals surface area contributed by atoms with Crippen LogP contribution in [0.25, 0.3) is 0 Å². The number of nitrogens with one attached hydrogen (secondary N) is 2. The highest BCUT2D eigenvalue weighted by Crippen LogP contribution is 2.15. The van der Waals surface area contributed by atoms with Gasteiger partial charge in [-0.1, -0.05) is 41.5 Å². The van der Waals surface area contributed by atoms with E-state index >= 15 is 0 Å². The Bertz CT molecular complexity index is 1040. The summed E-state index contributed by atoms with van der Waals surface area (Å²) in [5.41, 5.74) is 2.04. The average Bonchev–Trinajstić information content (AvgIpc) is 3.24. The lowest BCUT2D eigenvalue weighted by Crippen LogP contribution is -2.69. The number of hydrogen-bond donors (Lipinski definition) is 3. The molecule has 4 rings (SSSR count). The number of rotatable bonds is 6. The normalized spacial score (nSPS) is 16.9. The molecule has 9 heteroatoms. The highest BCUT2D eigenvalue weighted by Gasteiger charge is 2.30. The highest BCUT2D eigenvalue weighted by molar-refractivity contribution is 6.45. The van der Waals surface area contributed by atoms with E-state index in [1.807, 2.05) is 18.2 Å². The van der Waals surface area contributed by atoms with Crippen LogP contribution in [0.1, 0.15) is 28.8 Å². The first-order valence-electron chi connectivity index (χ1n) is 10.5. The molecule has 0 bridgehead atoms. The average molecular weight is 440 g/mol. The molecule has 2 aliphatic rings. The van der Waals surface area contributed by atoms with Gasteiger partial charge in [0.15, 0.2) is 0 Å². The Labute approximate surface area is 184 Å². The first kappa shape index (κ1) is 21.8. The molecule has 32 heavy (non-hydrogen) atoms. The van der Waals surface area contributed by atoms with Crippen molar-refractivity contribution in [2.75, 3.05) is 13.1 Å². The van der Waals surface area contributed by atoms with Gasteiger partial charge in [-0.2, -0.15) is 5.43 Å². The molecule has 166 valence electrons. The predicted molar refractivity (Wildman–Crippen MR) is 114 cm³/mol. The lowest BCUT2D eigenvalue weighted by atomic mass is 10.0. The molecule has 0 unspecified atom stereocenters. The third-order valence-corrected chi connectivity index (χ3v) is 5.52. The SMILES string of the molecule is O=C(NC1CCN(Cc2ccccc2)CC1)C1=N[NH2+]C=C1NC(=O)c1c(F)cccc1F. The Morgan fingerprint density at radius 1 is 1.00 bits per heavy atom. The number of amides is 2. The Morgan fingerprint density at radius 3 is 2.38 bits per heavy atom. The van der Waals surface area contributed by atoms with Crippen LogP contribution in [-0.4, -0.2) is 41.6 Å². The van der Waals surface area contributed by atoms with Crippen LogP contribution in [0, 0.1) is 11.6 Å². The van der Waals surface area contributed by atoms with Crippen molar-refractivity contribution in [3.8, 4) is 0 Å². The first-order chi connectivity index (χ1) is 15.5. The minimum absolute atomic E-state index is 0.0150. The largest absolute Gasteiger partial charge is 0.348 e. The topological polar surface area (TPSA) is 90.4 Å². The van der Waals surface area contributed by atoms with E-state index in [0.717, 1.165) is 44.6 Å². The van der Waals surface area contributed by atoms with Crippen LogP contribution >= 0.6 is 0 Å². The van der Waals surface area contributed by atoms with E-state index in [2.05, 4.69) is 32.8 Å². The molecule has 0 aliphatic carbocycles. The van der Waals surface area contributed by atoms with Crippen LogP contribution in [0.4, 0.5) is 8.78 Å². The van der Waals surface area contributed by atoms with Crippen LogP contribution in [0.3, 0.4) is 0 Å². The molecule has 1 saturated heterocycles. The number of carbonyl (C=O) groups is 2. The number of nitrogens with zero attached hydrogens (tertiary/aromatic N) is 2. The Balaban J connectivity index is 1.30. The maximum absolute atomic E-state index is 13.9. The number of hydrogen-bond acceptors (Lipinski definition) is 4. The standard InChI is InChI=1S/C23H23F2N5O2/c24-17-7-4-8-18(25)20(17)22(31)28-19-13-26-29-21(19)23(32)27-16-9-11-30(12-10-16)14-15-5-2-1-3-6-15/h1-8,13,16H,9-12,14H2,(H,26,29)(H,27,32)(H,28,31)/p+1. The minimum atomic E-state index is -0.977. The van der Waals surface area contributed by atoms with E-state index < -0.39 is 29.0 Å². The number of likely N-dealkylation sites (tertiary alicyclic amines) is 1. The summed E-state index contributed by atoms with van der Waals surface area (Å²) >= 11 is 0. The number of carbonyl (C=O) groups excluding carboxylic acids is 2. The molecular formula is C23H24F2N5O2+. The maximum atomic E-state index is 13.9. The number of halogens is 2. The van der Waals surface area contributed by atoms with Crippen molar-refractivity contribution in [2.24, 2.45) is 5.10 Å². The van der Waals surface area contributed by atoms with Crippen LogP contribution in [-0.2, 0) is 11.3 Å². The van der Waals surface area contributed by atoms with E-state index in [1.165, 1.54) is 23.3 Å². The lowest BCUT2D eigenvalue weighted by Gasteiger charge is -2.32. The third-order valence-electron chi connectivity index (χ3n) is 5.52. The zero-order chi connectivity index (χ0) is 22.5. The summed E-state index contributed by atoms with van der Waals surface area (Å²) in [6, 6.07) is 13.4. The molecule has 2 aromatic carbocycles. The van der Waals surface area contributed by atoms with Gasteiger partial charge in [0.25, 0.3) is 11.8 Å². The van der Waals surface area contributed by atoms with Gasteiger partial charge in [-0.3, -0.25) is 14.5 Å². The van der Waals surface area contributed by atoms with Crippen molar-refractivity contribution in [3.05, 3.63) is 83.2 Å². The van der Waals surface area contributed by atoms with Crippen LogP contribution in [0.5, 0.6) is 0 Å². The molecule has 4 N–H and O–H groups in total. The van der Waals surface area contributed by atoms with Gasteiger partial charge < -0.3 is 10.6 Å². The highest BCUT2D eigenvalue weighted by atomic mass is 19.1. The summed E-state index contributed by atoms with van der Waals surface area (Å²) in [6.07, 6.45) is 3.01. The van der Waals surface area contributed by atoms with Crippen molar-refractivity contribution in [1.29, 1.82) is 0 Å². The van der Waals surface area contributed by atoms with Gasteiger partial charge in [0, 0.05) is 25.7 Å². The second-order valence-corrected chi connectivity index (χ2v) is 7.77. The van der Waals surface area contributed by atoms with E-state index in [-0.39, 0.29) is 17.5 Å². The van der Waals surface area contributed by atoms with Crippen LogP contribution in [0.15, 0.2) is 65.5 Å². The quantitative estimate of drug-likeness (QED) is 0.591. The van der Waals surface area contributed by atoms with Gasteiger partial charge >= 0.3 is 0 Å². The summed E-state index contributed by atoms with van der Waals surface area (Å²) in [5.74, 6) is -3.36. The molecule has 0 spiro atoms. The number of nitrogens with two attached hydrogens (primary N) is 1. The molecule has 2 aliphatic heterocycles. The van der Waals surface area contributed by atoms with Crippen molar-refractivity contribution >= 4 is 17.5 Å². The summed E-state index contributed by atoms with van der Waals surface area (Å²) in [5, 5.41) is 9.36. The van der Waals surface area contributed by atoms with E-state index in [4.69, 9.17) is 0 Å². The summed E-state index contributed by atoms with van der Waals surface area (Å²) in [6.45, 7) is 2.57. The predicted octanol–water partition coefficient (Wildman–Crippen LogP) is 1.25. The number of benzene rings is 2. The van der Waals surface area contributed by atoms with Gasteiger partial charge in [-0.05, 0) is 30.5 Å². The smallest absolute Gasteiger partial charge is 0.278 e. The third kappa shape index (κ3) is 5.06. The van der Waals surface area contributed by atoms with E-state index in [9.17, 15) is 18.4 Å². The number of quaternary nitrogens is 1. The Kier molecular flexibility index (Phi) is 6.67. The molecule has 0 radical (unpaired) electrons. The molecule has 2 aromatic rings. The Hall–Kier alpha value is -3.43.